The maximum Gasteiger partial charge on any atom is 0.323 e. The highest BCUT2D eigenvalue weighted by Gasteiger charge is 2.19. The van der Waals surface area contributed by atoms with Gasteiger partial charge in [0.25, 0.3) is 0 Å². The molecule has 1 N–H and O–H groups in total. The first-order valence-corrected chi connectivity index (χ1v) is 5.87. The number of nitrogens with one attached hydrogen (secondary N) is 1. The van der Waals surface area contributed by atoms with E-state index in [1.54, 1.807) is 6.92 Å². The second kappa shape index (κ2) is 5.37. The van der Waals surface area contributed by atoms with E-state index in [1.807, 2.05) is 36.5 Å². The minimum Gasteiger partial charge on any atom is -0.465 e. The van der Waals surface area contributed by atoms with Gasteiger partial charge in [-0.1, -0.05) is 6.07 Å². The Morgan fingerprint density at radius 1 is 1.50 bits per heavy atom. The fraction of sp³-hybridized carbons (Fsp3) is 0.286. The van der Waals surface area contributed by atoms with Gasteiger partial charge in [-0.2, -0.15) is 5.26 Å². The summed E-state index contributed by atoms with van der Waals surface area (Å²) in [6.07, 6.45) is 2.25. The first kappa shape index (κ1) is 12.2. The second-order valence-corrected chi connectivity index (χ2v) is 4.04. The maximum absolute atomic E-state index is 11.5. The molecule has 1 unspecified atom stereocenters. The van der Waals surface area contributed by atoms with Gasteiger partial charge in [-0.3, -0.25) is 4.79 Å². The molecule has 1 aromatic heterocycles. The first-order chi connectivity index (χ1) is 8.74. The molecule has 18 heavy (non-hydrogen) atoms. The van der Waals surface area contributed by atoms with E-state index in [9.17, 15) is 4.79 Å². The highest BCUT2D eigenvalue weighted by Crippen LogP contribution is 2.17. The molecule has 4 nitrogen and oxygen atoms in total. The Labute approximate surface area is 105 Å². The highest BCUT2D eigenvalue weighted by atomic mass is 16.5. The van der Waals surface area contributed by atoms with Crippen LogP contribution in [0.1, 0.15) is 12.5 Å². The fourth-order valence-electron chi connectivity index (χ4n) is 1.89. The molecule has 0 amide bonds. The number of aromatic amines is 1. The van der Waals surface area contributed by atoms with E-state index in [4.69, 9.17) is 10.00 Å². The lowest BCUT2D eigenvalue weighted by Crippen LogP contribution is -2.18. The van der Waals surface area contributed by atoms with E-state index in [-0.39, 0.29) is 0 Å². The zero-order chi connectivity index (χ0) is 13.0. The van der Waals surface area contributed by atoms with Crippen LogP contribution in [-0.4, -0.2) is 17.6 Å². The normalized spacial score (nSPS) is 12.0. The zero-order valence-corrected chi connectivity index (χ0v) is 10.1. The quantitative estimate of drug-likeness (QED) is 0.837. The van der Waals surface area contributed by atoms with Crippen molar-refractivity contribution < 1.29 is 9.53 Å². The number of carbonyl (C=O) groups is 1. The topological polar surface area (TPSA) is 65.9 Å². The lowest BCUT2D eigenvalue weighted by atomic mass is 10.00. The summed E-state index contributed by atoms with van der Waals surface area (Å²) in [6.45, 7) is 2.03. The first-order valence-electron chi connectivity index (χ1n) is 5.87. The van der Waals surface area contributed by atoms with E-state index in [1.165, 1.54) is 0 Å². The van der Waals surface area contributed by atoms with Crippen molar-refractivity contribution in [2.45, 2.75) is 13.3 Å². The van der Waals surface area contributed by atoms with Crippen molar-refractivity contribution in [3.8, 4) is 6.07 Å². The van der Waals surface area contributed by atoms with Crippen LogP contribution in [0.2, 0.25) is 0 Å². The van der Waals surface area contributed by atoms with Gasteiger partial charge >= 0.3 is 5.97 Å². The van der Waals surface area contributed by atoms with Crippen LogP contribution in [0.4, 0.5) is 0 Å². The smallest absolute Gasteiger partial charge is 0.323 e. The number of fused-ring (bicyclic) bond motifs is 1. The van der Waals surface area contributed by atoms with Gasteiger partial charge < -0.3 is 9.72 Å². The Morgan fingerprint density at radius 3 is 3.06 bits per heavy atom. The van der Waals surface area contributed by atoms with Gasteiger partial charge in [0.2, 0.25) is 0 Å². The van der Waals surface area contributed by atoms with Gasteiger partial charge in [0.05, 0.1) is 12.7 Å². The fourth-order valence-corrected chi connectivity index (χ4v) is 1.89. The Kier molecular flexibility index (Phi) is 3.63. The zero-order valence-electron chi connectivity index (χ0n) is 10.1. The van der Waals surface area contributed by atoms with Crippen molar-refractivity contribution in [1.29, 1.82) is 5.26 Å². The number of hydrogen-bond acceptors (Lipinski definition) is 3. The van der Waals surface area contributed by atoms with Crippen LogP contribution < -0.4 is 0 Å². The summed E-state index contributed by atoms with van der Waals surface area (Å²) in [5.74, 6) is -1.18. The molecule has 0 saturated heterocycles. The molecule has 0 fully saturated rings. The number of hydrogen-bond donors (Lipinski definition) is 1. The van der Waals surface area contributed by atoms with Crippen molar-refractivity contribution in [3.63, 3.8) is 0 Å². The summed E-state index contributed by atoms with van der Waals surface area (Å²) in [5.41, 5.74) is 2.00. The van der Waals surface area contributed by atoms with Gasteiger partial charge in [-0.05, 0) is 42.5 Å². The standard InChI is InChI=1S/C14H14N2O2/c1-2-18-14(17)12(9-15)8-10-3-4-13-11(7-10)5-6-16-13/h3-7,12,16H,2,8H2,1H3. The highest BCUT2D eigenvalue weighted by molar-refractivity contribution is 5.80. The Balaban J connectivity index is 2.16. The van der Waals surface area contributed by atoms with Crippen LogP contribution in [0.3, 0.4) is 0 Å². The summed E-state index contributed by atoms with van der Waals surface area (Å²) in [7, 11) is 0. The molecule has 0 aliphatic carbocycles. The molecule has 1 aromatic carbocycles. The number of ether oxygens (including phenoxy) is 1. The Bertz CT molecular complexity index is 595. The monoisotopic (exact) mass is 242 g/mol. The third-order valence-corrected chi connectivity index (χ3v) is 2.78. The van der Waals surface area contributed by atoms with Gasteiger partial charge in [0.1, 0.15) is 5.92 Å². The number of nitrogens with zero attached hydrogens (tertiary/aromatic N) is 1. The van der Waals surface area contributed by atoms with Crippen molar-refractivity contribution in [1.82, 2.24) is 4.98 Å². The molecule has 2 rings (SSSR count). The molecule has 0 aliphatic heterocycles. The molecular weight excluding hydrogens is 228 g/mol. The van der Waals surface area contributed by atoms with E-state index in [0.29, 0.717) is 13.0 Å². The number of H-pyrrole nitrogens is 1. The van der Waals surface area contributed by atoms with Crippen LogP contribution in [0.15, 0.2) is 30.5 Å². The molecule has 1 atom stereocenters. The third kappa shape index (κ3) is 2.51. The van der Waals surface area contributed by atoms with Crippen molar-refractivity contribution >= 4 is 16.9 Å². The van der Waals surface area contributed by atoms with E-state index in [0.717, 1.165) is 16.5 Å². The lowest BCUT2D eigenvalue weighted by molar-refractivity contribution is -0.145. The summed E-state index contributed by atoms with van der Waals surface area (Å²) in [6, 6.07) is 9.81. The van der Waals surface area contributed by atoms with Gasteiger partial charge in [-0.25, -0.2) is 0 Å². The molecule has 0 bridgehead atoms. The van der Waals surface area contributed by atoms with Crippen LogP contribution >= 0.6 is 0 Å². The van der Waals surface area contributed by atoms with Gasteiger partial charge in [0.15, 0.2) is 0 Å². The van der Waals surface area contributed by atoms with E-state index >= 15 is 0 Å². The summed E-state index contributed by atoms with van der Waals surface area (Å²) in [5, 5.41) is 10.1. The van der Waals surface area contributed by atoms with E-state index in [2.05, 4.69) is 4.98 Å². The Hall–Kier alpha value is -2.28. The second-order valence-electron chi connectivity index (χ2n) is 4.04. The van der Waals surface area contributed by atoms with Gasteiger partial charge in [0, 0.05) is 11.7 Å². The lowest BCUT2D eigenvalue weighted by Gasteiger charge is -2.08. The molecule has 4 heteroatoms. The van der Waals surface area contributed by atoms with Crippen LogP contribution in [0.25, 0.3) is 10.9 Å². The molecule has 92 valence electrons. The number of esters is 1. The molecule has 0 saturated carbocycles. The van der Waals surface area contributed by atoms with Crippen LogP contribution in [-0.2, 0) is 16.0 Å². The average molecular weight is 242 g/mol. The number of benzene rings is 1. The average Bonchev–Trinajstić information content (AvgIpc) is 2.83. The van der Waals surface area contributed by atoms with Crippen LogP contribution in [0.5, 0.6) is 0 Å². The Morgan fingerprint density at radius 2 is 2.33 bits per heavy atom. The van der Waals surface area contributed by atoms with E-state index < -0.39 is 11.9 Å². The van der Waals surface area contributed by atoms with Crippen molar-refractivity contribution in [2.75, 3.05) is 6.61 Å². The number of aromatic nitrogens is 1. The molecule has 2 aromatic rings. The predicted octanol–water partition coefficient (Wildman–Crippen LogP) is 2.41. The predicted molar refractivity (Wildman–Crippen MR) is 67.7 cm³/mol. The number of rotatable bonds is 4. The largest absolute Gasteiger partial charge is 0.465 e. The molecule has 0 spiro atoms. The summed E-state index contributed by atoms with van der Waals surface area (Å²) in [4.78, 5) is 14.6. The summed E-state index contributed by atoms with van der Waals surface area (Å²) < 4.78 is 4.87. The minimum absolute atomic E-state index is 0.299. The number of nitriles is 1. The number of carbonyl (C=O) groups excluding carboxylic acids is 1. The van der Waals surface area contributed by atoms with Crippen molar-refractivity contribution in [3.05, 3.63) is 36.0 Å². The van der Waals surface area contributed by atoms with Crippen LogP contribution in [0, 0.1) is 17.2 Å². The van der Waals surface area contributed by atoms with Crippen molar-refractivity contribution in [2.24, 2.45) is 5.92 Å². The van der Waals surface area contributed by atoms with Gasteiger partial charge in [-0.15, -0.1) is 0 Å². The third-order valence-electron chi connectivity index (χ3n) is 2.78. The maximum atomic E-state index is 11.5. The molecule has 0 radical (unpaired) electrons. The molecular formula is C14H14N2O2. The molecule has 0 aliphatic rings. The summed E-state index contributed by atoms with van der Waals surface area (Å²) >= 11 is 0. The minimum atomic E-state index is -0.735. The SMILES string of the molecule is CCOC(=O)C(C#N)Cc1ccc2[nH]ccc2c1. The molecule has 1 heterocycles.